The summed E-state index contributed by atoms with van der Waals surface area (Å²) in [5.74, 6) is 1.28. The Kier molecular flexibility index (Phi) is 5.90. The molecule has 0 aliphatic carbocycles. The van der Waals surface area contributed by atoms with E-state index in [1.54, 1.807) is 31.0 Å². The Bertz CT molecular complexity index is 1340. The van der Waals surface area contributed by atoms with Crippen LogP contribution in [0.4, 0.5) is 5.82 Å². The fraction of sp³-hybridized carbons (Fsp3) is 0.120. The predicted molar refractivity (Wildman–Crippen MR) is 128 cm³/mol. The van der Waals surface area contributed by atoms with Gasteiger partial charge in [-0.25, -0.2) is 19.9 Å². The average Bonchev–Trinajstić information content (AvgIpc) is 2.88. The molecule has 0 radical (unpaired) electrons. The van der Waals surface area contributed by atoms with E-state index in [0.717, 1.165) is 22.9 Å². The van der Waals surface area contributed by atoms with Gasteiger partial charge < -0.3 is 11.1 Å². The van der Waals surface area contributed by atoms with Gasteiger partial charge in [0.05, 0.1) is 5.69 Å². The van der Waals surface area contributed by atoms with Gasteiger partial charge in [0, 0.05) is 60.1 Å². The van der Waals surface area contributed by atoms with E-state index in [-0.39, 0.29) is 6.04 Å². The lowest BCUT2D eigenvalue weighted by Gasteiger charge is -2.16. The van der Waals surface area contributed by atoms with Crippen molar-refractivity contribution in [2.24, 2.45) is 5.73 Å². The van der Waals surface area contributed by atoms with E-state index in [2.05, 4.69) is 37.4 Å². The molecule has 8 nitrogen and oxygen atoms in total. The third kappa shape index (κ3) is 4.65. The van der Waals surface area contributed by atoms with Crippen molar-refractivity contribution in [3.05, 3.63) is 91.4 Å². The number of benzene rings is 1. The van der Waals surface area contributed by atoms with Crippen LogP contribution in [0.15, 0.2) is 85.8 Å². The maximum Gasteiger partial charge on any atom is 0.162 e. The number of rotatable bonds is 7. The van der Waals surface area contributed by atoms with Crippen molar-refractivity contribution in [2.45, 2.75) is 12.5 Å². The second-order valence-electron chi connectivity index (χ2n) is 7.65. The van der Waals surface area contributed by atoms with Crippen molar-refractivity contribution < 1.29 is 0 Å². The van der Waals surface area contributed by atoms with Crippen molar-refractivity contribution in [1.29, 1.82) is 0 Å². The Morgan fingerprint density at radius 1 is 0.818 bits per heavy atom. The van der Waals surface area contributed by atoms with Crippen LogP contribution < -0.4 is 11.1 Å². The molecule has 5 rings (SSSR count). The minimum atomic E-state index is -0.0781. The lowest BCUT2D eigenvalue weighted by molar-refractivity contribution is 0.698. The van der Waals surface area contributed by atoms with Gasteiger partial charge in [-0.1, -0.05) is 30.3 Å². The van der Waals surface area contributed by atoms with Crippen LogP contribution in [-0.2, 0) is 6.42 Å². The van der Waals surface area contributed by atoms with Crippen molar-refractivity contribution >= 4 is 16.7 Å². The summed E-state index contributed by atoms with van der Waals surface area (Å²) in [6.45, 7) is 0.558. The van der Waals surface area contributed by atoms with Gasteiger partial charge in [-0.3, -0.25) is 9.97 Å². The summed E-state index contributed by atoms with van der Waals surface area (Å²) >= 11 is 0. The highest BCUT2D eigenvalue weighted by atomic mass is 15.0. The van der Waals surface area contributed by atoms with Gasteiger partial charge >= 0.3 is 0 Å². The summed E-state index contributed by atoms with van der Waals surface area (Å²) in [6, 6.07) is 15.8. The molecule has 1 atom stereocenters. The number of pyridine rings is 2. The maximum absolute atomic E-state index is 6.42. The van der Waals surface area contributed by atoms with Crippen LogP contribution in [0.1, 0.15) is 5.56 Å². The third-order valence-electron chi connectivity index (χ3n) is 5.26. The molecule has 1 aromatic carbocycles. The summed E-state index contributed by atoms with van der Waals surface area (Å²) < 4.78 is 0. The van der Waals surface area contributed by atoms with Crippen LogP contribution in [0.3, 0.4) is 0 Å². The first kappa shape index (κ1) is 20.6. The Labute approximate surface area is 191 Å². The predicted octanol–water partition coefficient (Wildman–Crippen LogP) is 3.53. The molecule has 3 N–H and O–H groups in total. The summed E-state index contributed by atoms with van der Waals surface area (Å²) in [4.78, 5) is 26.6. The Morgan fingerprint density at radius 3 is 2.39 bits per heavy atom. The van der Waals surface area contributed by atoms with E-state index in [0.29, 0.717) is 29.4 Å². The first-order valence-electron chi connectivity index (χ1n) is 10.6. The van der Waals surface area contributed by atoms with Gasteiger partial charge in [0.25, 0.3) is 0 Å². The largest absolute Gasteiger partial charge is 0.368 e. The normalized spacial score (nSPS) is 11.9. The van der Waals surface area contributed by atoms with Crippen LogP contribution >= 0.6 is 0 Å². The van der Waals surface area contributed by atoms with Crippen molar-refractivity contribution in [3.8, 4) is 22.6 Å². The highest BCUT2D eigenvalue weighted by Gasteiger charge is 2.15. The molecular formula is C25H22N8. The summed E-state index contributed by atoms with van der Waals surface area (Å²) in [5.41, 5.74) is 10.7. The van der Waals surface area contributed by atoms with E-state index in [9.17, 15) is 0 Å². The number of hydrogen-bond donors (Lipinski definition) is 2. The smallest absolute Gasteiger partial charge is 0.162 e. The summed E-state index contributed by atoms with van der Waals surface area (Å²) in [7, 11) is 0. The number of nitrogens with zero attached hydrogens (tertiary/aromatic N) is 6. The maximum atomic E-state index is 6.42. The fourth-order valence-corrected chi connectivity index (χ4v) is 3.67. The van der Waals surface area contributed by atoms with Crippen molar-refractivity contribution in [2.75, 3.05) is 11.9 Å². The molecule has 0 bridgehead atoms. The molecule has 162 valence electrons. The zero-order valence-electron chi connectivity index (χ0n) is 17.8. The van der Waals surface area contributed by atoms with E-state index in [1.807, 2.05) is 36.4 Å². The first-order chi connectivity index (χ1) is 16.3. The molecule has 4 aromatic heterocycles. The molecule has 0 aliphatic rings. The monoisotopic (exact) mass is 434 g/mol. The second kappa shape index (κ2) is 9.46. The molecule has 0 fully saturated rings. The highest BCUT2D eigenvalue weighted by Crippen LogP contribution is 2.30. The van der Waals surface area contributed by atoms with E-state index >= 15 is 0 Å². The number of hydrogen-bond acceptors (Lipinski definition) is 8. The minimum absolute atomic E-state index is 0.0781. The fourth-order valence-electron chi connectivity index (χ4n) is 3.67. The Hall–Kier alpha value is -4.30. The highest BCUT2D eigenvalue weighted by molar-refractivity contribution is 5.98. The van der Waals surface area contributed by atoms with Crippen molar-refractivity contribution in [3.63, 3.8) is 0 Å². The second-order valence-corrected chi connectivity index (χ2v) is 7.65. The number of nitrogens with two attached hydrogens (primary N) is 1. The van der Waals surface area contributed by atoms with Gasteiger partial charge in [0.15, 0.2) is 5.82 Å². The molecule has 0 aliphatic heterocycles. The van der Waals surface area contributed by atoms with Gasteiger partial charge in [-0.05, 0) is 30.2 Å². The van der Waals surface area contributed by atoms with Gasteiger partial charge in [0.2, 0.25) is 0 Å². The van der Waals surface area contributed by atoms with Crippen LogP contribution in [0.25, 0.3) is 33.5 Å². The average molecular weight is 435 g/mol. The molecule has 0 saturated heterocycles. The van der Waals surface area contributed by atoms with Gasteiger partial charge in [-0.2, -0.15) is 0 Å². The summed E-state index contributed by atoms with van der Waals surface area (Å²) in [6.07, 6.45) is 10.9. The van der Waals surface area contributed by atoms with Crippen LogP contribution in [-0.4, -0.2) is 42.5 Å². The minimum Gasteiger partial charge on any atom is -0.368 e. The zero-order valence-corrected chi connectivity index (χ0v) is 17.8. The molecule has 4 heterocycles. The molecule has 0 saturated carbocycles. The molecule has 8 heteroatoms. The van der Waals surface area contributed by atoms with Crippen molar-refractivity contribution in [1.82, 2.24) is 29.9 Å². The van der Waals surface area contributed by atoms with Gasteiger partial charge in [0.1, 0.15) is 17.7 Å². The van der Waals surface area contributed by atoms with Crippen LogP contribution in [0.5, 0.6) is 0 Å². The lowest BCUT2D eigenvalue weighted by atomic mass is 10.1. The van der Waals surface area contributed by atoms with E-state index < -0.39 is 0 Å². The number of aromatic nitrogens is 6. The number of fused-ring (bicyclic) bond motifs is 1. The van der Waals surface area contributed by atoms with Crippen LogP contribution in [0.2, 0.25) is 0 Å². The first-order valence-corrected chi connectivity index (χ1v) is 10.6. The topological polar surface area (TPSA) is 115 Å². The Balaban J connectivity index is 1.54. The number of nitrogens with one attached hydrogen (secondary N) is 1. The molecular weight excluding hydrogens is 412 g/mol. The molecule has 5 aromatic rings. The zero-order chi connectivity index (χ0) is 22.5. The quantitative estimate of drug-likeness (QED) is 0.400. The van der Waals surface area contributed by atoms with Crippen LogP contribution in [0, 0.1) is 0 Å². The SMILES string of the molecule is N[C@H](CNc1nc(-c2ccncc2)nc2c(-c3cncnc3)nccc12)Cc1ccccc1. The summed E-state index contributed by atoms with van der Waals surface area (Å²) in [5, 5.41) is 4.30. The molecule has 0 unspecified atom stereocenters. The van der Waals surface area contributed by atoms with Gasteiger partial charge in [-0.15, -0.1) is 0 Å². The Morgan fingerprint density at radius 2 is 1.61 bits per heavy atom. The van der Waals surface area contributed by atoms with E-state index in [1.165, 1.54) is 11.9 Å². The molecule has 0 amide bonds. The lowest BCUT2D eigenvalue weighted by Crippen LogP contribution is -2.31. The third-order valence-corrected chi connectivity index (χ3v) is 5.26. The molecule has 33 heavy (non-hydrogen) atoms. The van der Waals surface area contributed by atoms with E-state index in [4.69, 9.17) is 15.7 Å². The number of anilines is 1. The standard InChI is InChI=1S/C25H22N8/c26-20(12-17-4-2-1-3-5-17)15-31-25-21-8-11-30-22(19-13-28-16-29-14-19)23(21)32-24(33-25)18-6-9-27-10-7-18/h1-11,13-14,16,20H,12,15,26H2,(H,31,32,33)/t20-/m0/s1. The molecule has 0 spiro atoms.